The molecule has 0 aliphatic carbocycles. The van der Waals surface area contributed by atoms with Crippen LogP contribution in [0.15, 0.2) is 12.4 Å². The van der Waals surface area contributed by atoms with E-state index in [0.717, 1.165) is 25.8 Å². The molecule has 1 saturated heterocycles. The summed E-state index contributed by atoms with van der Waals surface area (Å²) in [6, 6.07) is 0.299. The number of alkyl halides is 3. The second kappa shape index (κ2) is 4.48. The van der Waals surface area contributed by atoms with Gasteiger partial charge in [0.15, 0.2) is 5.69 Å². The first-order valence-corrected chi connectivity index (χ1v) is 5.34. The summed E-state index contributed by atoms with van der Waals surface area (Å²) in [5.41, 5.74) is -0.954. The van der Waals surface area contributed by atoms with Gasteiger partial charge in [0, 0.05) is 25.7 Å². The first-order valence-electron chi connectivity index (χ1n) is 5.34. The lowest BCUT2D eigenvalue weighted by atomic mass is 10.2. The van der Waals surface area contributed by atoms with Crippen LogP contribution in [0.25, 0.3) is 0 Å². The van der Waals surface area contributed by atoms with Gasteiger partial charge >= 0.3 is 6.18 Å². The second-order valence-corrected chi connectivity index (χ2v) is 4.06. The maximum atomic E-state index is 12.3. The number of halogens is 3. The first kappa shape index (κ1) is 12.1. The zero-order valence-corrected chi connectivity index (χ0v) is 9.33. The molecule has 0 spiro atoms. The maximum Gasteiger partial charge on any atom is 0.434 e. The van der Waals surface area contributed by atoms with Gasteiger partial charge < -0.3 is 10.2 Å². The summed E-state index contributed by atoms with van der Waals surface area (Å²) >= 11 is 0. The Labute approximate surface area is 96.9 Å². The molecule has 17 heavy (non-hydrogen) atoms. The minimum atomic E-state index is -4.43. The van der Waals surface area contributed by atoms with E-state index >= 15 is 0 Å². The Morgan fingerprint density at radius 1 is 1.35 bits per heavy atom. The lowest BCUT2D eigenvalue weighted by Gasteiger charge is -2.32. The highest BCUT2D eigenvalue weighted by atomic mass is 19.4. The molecule has 1 aromatic rings. The van der Waals surface area contributed by atoms with Crippen molar-refractivity contribution < 1.29 is 13.2 Å². The van der Waals surface area contributed by atoms with E-state index in [1.54, 1.807) is 0 Å². The Kier molecular flexibility index (Phi) is 3.19. The molecule has 4 nitrogen and oxygen atoms in total. The third kappa shape index (κ3) is 2.85. The Morgan fingerprint density at radius 2 is 2.12 bits per heavy atom. The Balaban J connectivity index is 2.12. The maximum absolute atomic E-state index is 12.3. The number of hydrogen-bond acceptors (Lipinski definition) is 4. The fourth-order valence-electron chi connectivity index (χ4n) is 1.77. The van der Waals surface area contributed by atoms with E-state index in [1.807, 2.05) is 11.8 Å². The van der Waals surface area contributed by atoms with Gasteiger partial charge in [-0.25, -0.2) is 9.97 Å². The van der Waals surface area contributed by atoms with E-state index in [2.05, 4.69) is 15.3 Å². The van der Waals surface area contributed by atoms with Gasteiger partial charge in [-0.1, -0.05) is 0 Å². The van der Waals surface area contributed by atoms with Crippen molar-refractivity contribution in [2.45, 2.75) is 19.1 Å². The Morgan fingerprint density at radius 3 is 2.65 bits per heavy atom. The molecule has 2 heterocycles. The molecule has 0 radical (unpaired) electrons. The van der Waals surface area contributed by atoms with Crippen LogP contribution in [0.1, 0.15) is 12.6 Å². The highest BCUT2D eigenvalue weighted by Gasteiger charge is 2.33. The quantitative estimate of drug-likeness (QED) is 0.810. The molecule has 1 fully saturated rings. The van der Waals surface area contributed by atoms with Crippen molar-refractivity contribution in [3.05, 3.63) is 18.1 Å². The molecule has 0 aromatic carbocycles. The van der Waals surface area contributed by atoms with Crippen molar-refractivity contribution in [2.75, 3.05) is 24.5 Å². The zero-order valence-electron chi connectivity index (χ0n) is 9.33. The largest absolute Gasteiger partial charge is 0.434 e. The molecule has 0 saturated carbocycles. The Bertz CT molecular complexity index is 376. The van der Waals surface area contributed by atoms with Crippen LogP contribution in [0.2, 0.25) is 0 Å². The molecule has 94 valence electrons. The van der Waals surface area contributed by atoms with Crippen LogP contribution >= 0.6 is 0 Å². The minimum absolute atomic E-state index is 0.299. The van der Waals surface area contributed by atoms with Gasteiger partial charge in [0.1, 0.15) is 5.82 Å². The molecule has 0 unspecified atom stereocenters. The van der Waals surface area contributed by atoms with Crippen LogP contribution in [0, 0.1) is 0 Å². The van der Waals surface area contributed by atoms with Gasteiger partial charge in [0.25, 0.3) is 0 Å². The third-order valence-electron chi connectivity index (χ3n) is 2.62. The normalized spacial score (nSPS) is 21.6. The monoisotopic (exact) mass is 246 g/mol. The van der Waals surface area contributed by atoms with E-state index in [4.69, 9.17) is 0 Å². The van der Waals surface area contributed by atoms with Gasteiger partial charge in [0.2, 0.25) is 0 Å². The van der Waals surface area contributed by atoms with Gasteiger partial charge in [-0.15, -0.1) is 0 Å². The highest BCUT2D eigenvalue weighted by Crippen LogP contribution is 2.27. The van der Waals surface area contributed by atoms with Gasteiger partial charge in [-0.05, 0) is 6.92 Å². The van der Waals surface area contributed by atoms with Crippen molar-refractivity contribution in [1.82, 2.24) is 15.3 Å². The van der Waals surface area contributed by atoms with Crippen molar-refractivity contribution in [1.29, 1.82) is 0 Å². The molecule has 0 amide bonds. The van der Waals surface area contributed by atoms with E-state index in [1.165, 1.54) is 6.20 Å². The molecule has 1 aliphatic heterocycles. The average molecular weight is 246 g/mol. The Hall–Kier alpha value is -1.37. The summed E-state index contributed by atoms with van der Waals surface area (Å²) in [5, 5.41) is 3.25. The molecule has 1 N–H and O–H groups in total. The summed E-state index contributed by atoms with van der Waals surface area (Å²) < 4.78 is 36.9. The molecular formula is C10H13F3N4. The third-order valence-corrected chi connectivity index (χ3v) is 2.62. The topological polar surface area (TPSA) is 41.1 Å². The molecular weight excluding hydrogens is 233 g/mol. The van der Waals surface area contributed by atoms with Crippen LogP contribution in [-0.4, -0.2) is 35.6 Å². The minimum Gasteiger partial charge on any atom is -0.353 e. The molecule has 7 heteroatoms. The van der Waals surface area contributed by atoms with E-state index in [-0.39, 0.29) is 0 Å². The zero-order chi connectivity index (χ0) is 12.5. The highest BCUT2D eigenvalue weighted by molar-refractivity contribution is 5.37. The average Bonchev–Trinajstić information content (AvgIpc) is 2.28. The van der Waals surface area contributed by atoms with Crippen LogP contribution < -0.4 is 10.2 Å². The van der Waals surface area contributed by atoms with Crippen LogP contribution in [-0.2, 0) is 6.18 Å². The number of rotatable bonds is 1. The summed E-state index contributed by atoms with van der Waals surface area (Å²) in [4.78, 5) is 9.14. The number of anilines is 1. The van der Waals surface area contributed by atoms with E-state index in [9.17, 15) is 13.2 Å². The fourth-order valence-corrected chi connectivity index (χ4v) is 1.77. The number of aromatic nitrogens is 2. The smallest absolute Gasteiger partial charge is 0.353 e. The molecule has 1 atom stereocenters. The molecule has 1 aliphatic rings. The van der Waals surface area contributed by atoms with Crippen molar-refractivity contribution in [3.63, 3.8) is 0 Å². The fraction of sp³-hybridized carbons (Fsp3) is 0.600. The molecule has 0 bridgehead atoms. The van der Waals surface area contributed by atoms with E-state index in [0.29, 0.717) is 11.9 Å². The number of hydrogen-bond donors (Lipinski definition) is 1. The summed E-state index contributed by atoms with van der Waals surface area (Å²) in [6.45, 7) is 4.26. The second-order valence-electron chi connectivity index (χ2n) is 4.06. The number of piperazine rings is 1. The number of nitrogens with one attached hydrogen (secondary N) is 1. The SMILES string of the molecule is C[C@H]1CN(c2cnc(C(F)(F)F)cn2)CCN1. The predicted molar refractivity (Wildman–Crippen MR) is 56.7 cm³/mol. The summed E-state index contributed by atoms with van der Waals surface area (Å²) in [5.74, 6) is 0.492. The van der Waals surface area contributed by atoms with Crippen LogP contribution in [0.4, 0.5) is 19.0 Å². The van der Waals surface area contributed by atoms with Crippen molar-refractivity contribution in [3.8, 4) is 0 Å². The lowest BCUT2D eigenvalue weighted by Crippen LogP contribution is -2.49. The van der Waals surface area contributed by atoms with Crippen molar-refractivity contribution >= 4 is 5.82 Å². The van der Waals surface area contributed by atoms with Crippen LogP contribution in [0.3, 0.4) is 0 Å². The van der Waals surface area contributed by atoms with Gasteiger partial charge in [-0.2, -0.15) is 13.2 Å². The first-order chi connectivity index (χ1) is 7.97. The standard InChI is InChI=1S/C10H13F3N4/c1-7-6-17(3-2-14-7)9-5-15-8(4-16-9)10(11,12)13/h4-5,7,14H,2-3,6H2,1H3/t7-/m0/s1. The van der Waals surface area contributed by atoms with Gasteiger partial charge in [0.05, 0.1) is 12.4 Å². The molecule has 2 rings (SSSR count). The molecule has 1 aromatic heterocycles. The van der Waals surface area contributed by atoms with Gasteiger partial charge in [-0.3, -0.25) is 0 Å². The predicted octanol–water partition coefficient (Wildman–Crippen LogP) is 1.29. The van der Waals surface area contributed by atoms with Crippen molar-refractivity contribution in [2.24, 2.45) is 0 Å². The van der Waals surface area contributed by atoms with E-state index < -0.39 is 11.9 Å². The lowest BCUT2D eigenvalue weighted by molar-refractivity contribution is -0.141. The number of nitrogens with zero attached hydrogens (tertiary/aromatic N) is 3. The summed E-state index contributed by atoms with van der Waals surface area (Å²) in [7, 11) is 0. The summed E-state index contributed by atoms with van der Waals surface area (Å²) in [6.07, 6.45) is -2.47. The van der Waals surface area contributed by atoms with Crippen LogP contribution in [0.5, 0.6) is 0 Å².